The number of nitro groups is 1. The van der Waals surface area contributed by atoms with Crippen LogP contribution < -0.4 is 5.32 Å². The highest BCUT2D eigenvalue weighted by atomic mass is 16.6. The van der Waals surface area contributed by atoms with Gasteiger partial charge in [0.2, 0.25) is 0 Å². The Morgan fingerprint density at radius 2 is 2.43 bits per heavy atom. The van der Waals surface area contributed by atoms with Crippen molar-refractivity contribution in [1.29, 1.82) is 0 Å². The number of nitrogens with one attached hydrogen (secondary N) is 1. The minimum Gasteiger partial charge on any atom is -0.305 e. The highest BCUT2D eigenvalue weighted by Crippen LogP contribution is 2.04. The topological polar surface area (TPSA) is 85.1 Å². The molecule has 1 rings (SSSR count). The Kier molecular flexibility index (Phi) is 3.11. The number of pyridine rings is 1. The van der Waals surface area contributed by atoms with Crippen LogP contribution in [0.1, 0.15) is 5.56 Å². The molecule has 0 aromatic carbocycles. The Morgan fingerprint density at radius 3 is 3.00 bits per heavy atom. The molecule has 1 amide bonds. The lowest BCUT2D eigenvalue weighted by Crippen LogP contribution is -2.22. The lowest BCUT2D eigenvalue weighted by atomic mass is 10.3. The summed E-state index contributed by atoms with van der Waals surface area (Å²) in [5, 5.41) is 12.3. The normalized spacial score (nSPS) is 9.50. The van der Waals surface area contributed by atoms with Gasteiger partial charge < -0.3 is 5.32 Å². The number of rotatable bonds is 3. The Morgan fingerprint density at radius 1 is 1.71 bits per heavy atom. The van der Waals surface area contributed by atoms with Crippen molar-refractivity contribution in [3.8, 4) is 0 Å². The summed E-state index contributed by atoms with van der Waals surface area (Å²) in [6.45, 7) is 1.10. The summed E-state index contributed by atoms with van der Waals surface area (Å²) in [6, 6.07) is 3.40. The second kappa shape index (κ2) is 4.31. The molecule has 0 radical (unpaired) electrons. The summed E-state index contributed by atoms with van der Waals surface area (Å²) >= 11 is 0. The molecule has 74 valence electrons. The molecule has 0 aliphatic heterocycles. The fourth-order valence-electron chi connectivity index (χ4n) is 0.904. The van der Waals surface area contributed by atoms with Gasteiger partial charge in [0.05, 0.1) is 0 Å². The maximum atomic E-state index is 10.9. The summed E-state index contributed by atoms with van der Waals surface area (Å²) in [5.41, 5.74) is 0.927. The maximum Gasteiger partial charge on any atom is 0.297 e. The van der Waals surface area contributed by atoms with E-state index in [0.29, 0.717) is 5.82 Å². The van der Waals surface area contributed by atoms with Crippen LogP contribution in [0, 0.1) is 17.0 Å². The summed E-state index contributed by atoms with van der Waals surface area (Å²) in [4.78, 5) is 24.1. The minimum atomic E-state index is -0.740. The first kappa shape index (κ1) is 10.1. The van der Waals surface area contributed by atoms with Crippen LogP contribution in [0.4, 0.5) is 5.82 Å². The van der Waals surface area contributed by atoms with Gasteiger partial charge in [-0.25, -0.2) is 4.98 Å². The smallest absolute Gasteiger partial charge is 0.297 e. The van der Waals surface area contributed by atoms with Crippen LogP contribution in [0.15, 0.2) is 18.3 Å². The molecule has 1 aromatic rings. The van der Waals surface area contributed by atoms with E-state index in [1.807, 2.05) is 6.92 Å². The molecule has 1 aromatic heterocycles. The molecule has 1 heterocycles. The van der Waals surface area contributed by atoms with E-state index < -0.39 is 17.4 Å². The van der Waals surface area contributed by atoms with Gasteiger partial charge in [-0.1, -0.05) is 0 Å². The molecule has 0 aliphatic carbocycles. The number of amides is 1. The molecule has 14 heavy (non-hydrogen) atoms. The van der Waals surface area contributed by atoms with Crippen molar-refractivity contribution in [3.05, 3.63) is 34.0 Å². The van der Waals surface area contributed by atoms with Crippen molar-refractivity contribution in [3.63, 3.8) is 0 Å². The van der Waals surface area contributed by atoms with Gasteiger partial charge >= 0.3 is 0 Å². The van der Waals surface area contributed by atoms with E-state index in [2.05, 4.69) is 10.3 Å². The second-order valence-corrected chi connectivity index (χ2v) is 2.76. The molecule has 0 fully saturated rings. The van der Waals surface area contributed by atoms with Gasteiger partial charge in [0.15, 0.2) is 0 Å². The predicted octanol–water partition coefficient (Wildman–Crippen LogP) is 0.605. The maximum absolute atomic E-state index is 10.9. The van der Waals surface area contributed by atoms with Gasteiger partial charge in [-0.3, -0.25) is 14.9 Å². The first-order valence-electron chi connectivity index (χ1n) is 3.92. The average molecular weight is 195 g/mol. The fraction of sp³-hybridized carbons (Fsp3) is 0.250. The van der Waals surface area contributed by atoms with Crippen LogP contribution in [0.2, 0.25) is 0 Å². The van der Waals surface area contributed by atoms with Gasteiger partial charge in [0, 0.05) is 11.1 Å². The fourth-order valence-corrected chi connectivity index (χ4v) is 0.904. The zero-order valence-electron chi connectivity index (χ0n) is 7.56. The molecule has 1 N–H and O–H groups in total. The molecular weight excluding hydrogens is 186 g/mol. The molecule has 0 unspecified atom stereocenters. The van der Waals surface area contributed by atoms with Crippen LogP contribution in [0.25, 0.3) is 0 Å². The molecule has 0 saturated carbocycles. The first-order chi connectivity index (χ1) is 6.58. The molecule has 6 nitrogen and oxygen atoms in total. The van der Waals surface area contributed by atoms with Crippen LogP contribution in [-0.2, 0) is 4.79 Å². The van der Waals surface area contributed by atoms with Crippen molar-refractivity contribution in [2.75, 3.05) is 11.9 Å². The van der Waals surface area contributed by atoms with Crippen LogP contribution in [0.5, 0.6) is 0 Å². The number of carbonyl (C=O) groups is 1. The number of nitrogens with zero attached hydrogens (tertiary/aromatic N) is 2. The largest absolute Gasteiger partial charge is 0.305 e. The van der Waals surface area contributed by atoms with E-state index in [1.165, 1.54) is 6.20 Å². The van der Waals surface area contributed by atoms with Crippen LogP contribution in [-0.4, -0.2) is 22.4 Å². The molecule has 0 atom stereocenters. The third-order valence-corrected chi connectivity index (χ3v) is 1.46. The molecule has 6 heteroatoms. The Balaban J connectivity index is 2.60. The number of aromatic nitrogens is 1. The monoisotopic (exact) mass is 195 g/mol. The highest BCUT2D eigenvalue weighted by molar-refractivity contribution is 5.90. The van der Waals surface area contributed by atoms with Gasteiger partial charge in [0.25, 0.3) is 12.5 Å². The standard InChI is InChI=1S/C8H9N3O3/c1-6-2-3-9-7(4-6)10-8(12)5-11(13)14/h2-4H,5H2,1H3,(H,9,10,12). The van der Waals surface area contributed by atoms with Gasteiger partial charge in [-0.15, -0.1) is 0 Å². The lowest BCUT2D eigenvalue weighted by Gasteiger charge is -2.01. The average Bonchev–Trinajstić information content (AvgIpc) is 2.01. The minimum absolute atomic E-state index is 0.330. The van der Waals surface area contributed by atoms with Gasteiger partial charge in [-0.2, -0.15) is 0 Å². The molecular formula is C8H9N3O3. The first-order valence-corrected chi connectivity index (χ1v) is 3.92. The lowest BCUT2D eigenvalue weighted by molar-refractivity contribution is -0.467. The van der Waals surface area contributed by atoms with Gasteiger partial charge in [0.1, 0.15) is 5.82 Å². The molecule has 0 bridgehead atoms. The molecule has 0 spiro atoms. The SMILES string of the molecule is Cc1ccnc(NC(=O)C[N+](=O)[O-])c1. The van der Waals surface area contributed by atoms with E-state index in [-0.39, 0.29) is 0 Å². The van der Waals surface area contributed by atoms with Crippen molar-refractivity contribution < 1.29 is 9.72 Å². The van der Waals surface area contributed by atoms with Gasteiger partial charge in [-0.05, 0) is 24.6 Å². The van der Waals surface area contributed by atoms with E-state index >= 15 is 0 Å². The number of carbonyl (C=O) groups excluding carboxylic acids is 1. The number of hydrogen-bond acceptors (Lipinski definition) is 4. The number of aryl methyl sites for hydroxylation is 1. The molecule has 0 aliphatic rings. The summed E-state index contributed by atoms with van der Waals surface area (Å²) in [7, 11) is 0. The van der Waals surface area contributed by atoms with E-state index in [9.17, 15) is 14.9 Å². The Hall–Kier alpha value is -1.98. The summed E-state index contributed by atoms with van der Waals surface area (Å²) in [6.07, 6.45) is 1.52. The third-order valence-electron chi connectivity index (χ3n) is 1.46. The van der Waals surface area contributed by atoms with Crippen molar-refractivity contribution in [1.82, 2.24) is 4.98 Å². The highest BCUT2D eigenvalue weighted by Gasteiger charge is 2.09. The molecule has 0 saturated heterocycles. The number of anilines is 1. The van der Waals surface area contributed by atoms with Crippen molar-refractivity contribution in [2.45, 2.75) is 6.92 Å². The van der Waals surface area contributed by atoms with E-state index in [4.69, 9.17) is 0 Å². The predicted molar refractivity (Wildman–Crippen MR) is 49.5 cm³/mol. The van der Waals surface area contributed by atoms with E-state index in [0.717, 1.165) is 5.56 Å². The van der Waals surface area contributed by atoms with Crippen molar-refractivity contribution >= 4 is 11.7 Å². The van der Waals surface area contributed by atoms with Crippen molar-refractivity contribution in [2.24, 2.45) is 0 Å². The van der Waals surface area contributed by atoms with Crippen LogP contribution >= 0.6 is 0 Å². The third kappa shape index (κ3) is 3.18. The summed E-state index contributed by atoms with van der Waals surface area (Å²) < 4.78 is 0. The quantitative estimate of drug-likeness (QED) is 0.565. The Bertz CT molecular complexity index is 365. The zero-order chi connectivity index (χ0) is 10.6. The second-order valence-electron chi connectivity index (χ2n) is 2.76. The number of hydrogen-bond donors (Lipinski definition) is 1. The Labute approximate surface area is 80.1 Å². The van der Waals surface area contributed by atoms with Crippen LogP contribution in [0.3, 0.4) is 0 Å². The zero-order valence-corrected chi connectivity index (χ0v) is 7.56. The van der Waals surface area contributed by atoms with E-state index in [1.54, 1.807) is 12.1 Å². The summed E-state index contributed by atoms with van der Waals surface area (Å²) in [5.74, 6) is -0.343.